The van der Waals surface area contributed by atoms with Gasteiger partial charge < -0.3 is 5.32 Å². The van der Waals surface area contributed by atoms with Crippen molar-refractivity contribution in [3.63, 3.8) is 0 Å². The van der Waals surface area contributed by atoms with Gasteiger partial charge in [-0.1, -0.05) is 19.3 Å². The number of hydrogen-bond acceptors (Lipinski definition) is 3. The Hall–Kier alpha value is -0.410. The van der Waals surface area contributed by atoms with E-state index in [0.29, 0.717) is 6.04 Å². The van der Waals surface area contributed by atoms with Gasteiger partial charge in [-0.3, -0.25) is 0 Å². The number of aromatic nitrogens is 1. The van der Waals surface area contributed by atoms with Crippen molar-refractivity contribution in [2.75, 3.05) is 7.05 Å². The van der Waals surface area contributed by atoms with E-state index in [4.69, 9.17) is 4.98 Å². The molecule has 84 valence electrons. The van der Waals surface area contributed by atoms with Gasteiger partial charge in [0, 0.05) is 11.3 Å². The summed E-state index contributed by atoms with van der Waals surface area (Å²) >= 11 is 1.80. The SMILES string of the molecule is CNC(C)c1nc(C2CCCCC2)cs1. The lowest BCUT2D eigenvalue weighted by Gasteiger charge is -2.19. The summed E-state index contributed by atoms with van der Waals surface area (Å²) in [5, 5.41) is 6.74. The third-order valence-electron chi connectivity index (χ3n) is 3.37. The monoisotopic (exact) mass is 224 g/mol. The van der Waals surface area contributed by atoms with E-state index in [-0.39, 0.29) is 0 Å². The molecule has 2 nitrogen and oxygen atoms in total. The molecule has 0 spiro atoms. The van der Waals surface area contributed by atoms with E-state index in [1.165, 1.54) is 42.8 Å². The summed E-state index contributed by atoms with van der Waals surface area (Å²) in [6, 6.07) is 0.396. The van der Waals surface area contributed by atoms with Crippen LogP contribution < -0.4 is 5.32 Å². The summed E-state index contributed by atoms with van der Waals surface area (Å²) in [7, 11) is 1.99. The average Bonchev–Trinajstić information content (AvgIpc) is 2.78. The second-order valence-corrected chi connectivity index (χ2v) is 5.35. The average molecular weight is 224 g/mol. The first kappa shape index (κ1) is 11.1. The second-order valence-electron chi connectivity index (χ2n) is 4.46. The van der Waals surface area contributed by atoms with Crippen LogP contribution in [0.5, 0.6) is 0 Å². The van der Waals surface area contributed by atoms with Gasteiger partial charge in [0.2, 0.25) is 0 Å². The van der Waals surface area contributed by atoms with Crippen LogP contribution >= 0.6 is 11.3 Å². The highest BCUT2D eigenvalue weighted by Gasteiger charge is 2.19. The molecule has 1 unspecified atom stereocenters. The highest BCUT2D eigenvalue weighted by Crippen LogP contribution is 2.33. The van der Waals surface area contributed by atoms with Gasteiger partial charge in [-0.15, -0.1) is 11.3 Å². The zero-order valence-corrected chi connectivity index (χ0v) is 10.4. The topological polar surface area (TPSA) is 24.9 Å². The predicted molar refractivity (Wildman–Crippen MR) is 65.4 cm³/mol. The summed E-state index contributed by atoms with van der Waals surface area (Å²) < 4.78 is 0. The maximum atomic E-state index is 4.76. The van der Waals surface area contributed by atoms with E-state index in [2.05, 4.69) is 17.6 Å². The lowest BCUT2D eigenvalue weighted by molar-refractivity contribution is 0.437. The Labute approximate surface area is 96.1 Å². The molecule has 0 bridgehead atoms. The van der Waals surface area contributed by atoms with Gasteiger partial charge in [0.25, 0.3) is 0 Å². The Morgan fingerprint density at radius 3 is 2.80 bits per heavy atom. The summed E-state index contributed by atoms with van der Waals surface area (Å²) in [4.78, 5) is 4.76. The zero-order valence-electron chi connectivity index (χ0n) is 9.62. The van der Waals surface area contributed by atoms with E-state index in [1.54, 1.807) is 11.3 Å². The van der Waals surface area contributed by atoms with Gasteiger partial charge in [-0.2, -0.15) is 0 Å². The molecule has 0 aliphatic heterocycles. The van der Waals surface area contributed by atoms with E-state index < -0.39 is 0 Å². The van der Waals surface area contributed by atoms with E-state index in [0.717, 1.165) is 5.92 Å². The molecule has 0 aromatic carbocycles. The second kappa shape index (κ2) is 5.08. The molecule has 1 fully saturated rings. The molecule has 1 saturated carbocycles. The first-order valence-corrected chi connectivity index (χ1v) is 6.82. The van der Waals surface area contributed by atoms with Crippen LogP contribution in [0.1, 0.15) is 61.7 Å². The maximum Gasteiger partial charge on any atom is 0.110 e. The molecule has 1 aromatic heterocycles. The quantitative estimate of drug-likeness (QED) is 0.850. The number of hydrogen-bond donors (Lipinski definition) is 1. The van der Waals surface area contributed by atoms with Gasteiger partial charge in [0.15, 0.2) is 0 Å². The van der Waals surface area contributed by atoms with E-state index in [1.807, 2.05) is 7.05 Å². The smallest absolute Gasteiger partial charge is 0.110 e. The van der Waals surface area contributed by atoms with Gasteiger partial charge in [0.05, 0.1) is 11.7 Å². The lowest BCUT2D eigenvalue weighted by Crippen LogP contribution is -2.12. The zero-order chi connectivity index (χ0) is 10.7. The minimum atomic E-state index is 0.396. The molecule has 3 heteroatoms. The molecular weight excluding hydrogens is 204 g/mol. The van der Waals surface area contributed by atoms with Crippen LogP contribution in [0.3, 0.4) is 0 Å². The summed E-state index contributed by atoms with van der Waals surface area (Å²) in [6.45, 7) is 2.17. The summed E-state index contributed by atoms with van der Waals surface area (Å²) in [5.74, 6) is 0.743. The van der Waals surface area contributed by atoms with Crippen molar-refractivity contribution in [1.82, 2.24) is 10.3 Å². The highest BCUT2D eigenvalue weighted by molar-refractivity contribution is 7.09. The number of thiazole rings is 1. The third kappa shape index (κ3) is 2.58. The highest BCUT2D eigenvalue weighted by atomic mass is 32.1. The van der Waals surface area contributed by atoms with Crippen LogP contribution in [0, 0.1) is 0 Å². The Balaban J connectivity index is 2.05. The largest absolute Gasteiger partial charge is 0.311 e. The third-order valence-corrected chi connectivity index (χ3v) is 4.41. The fourth-order valence-corrected chi connectivity index (χ4v) is 3.18. The molecule has 15 heavy (non-hydrogen) atoms. The summed E-state index contributed by atoms with van der Waals surface area (Å²) in [6.07, 6.45) is 6.88. The number of nitrogens with one attached hydrogen (secondary N) is 1. The van der Waals surface area contributed by atoms with Crippen molar-refractivity contribution in [3.05, 3.63) is 16.1 Å². The Morgan fingerprint density at radius 1 is 1.40 bits per heavy atom. The van der Waals surface area contributed by atoms with Gasteiger partial charge in [0.1, 0.15) is 5.01 Å². The van der Waals surface area contributed by atoms with Gasteiger partial charge in [-0.05, 0) is 26.8 Å². The van der Waals surface area contributed by atoms with Gasteiger partial charge in [-0.25, -0.2) is 4.98 Å². The van der Waals surface area contributed by atoms with Crippen LogP contribution in [0.4, 0.5) is 0 Å². The van der Waals surface area contributed by atoms with Crippen molar-refractivity contribution in [3.8, 4) is 0 Å². The Kier molecular flexibility index (Phi) is 3.76. The molecule has 1 atom stereocenters. The molecule has 1 aromatic rings. The fraction of sp³-hybridized carbons (Fsp3) is 0.750. The minimum Gasteiger partial charge on any atom is -0.311 e. The standard InChI is InChI=1S/C12H20N2S/c1-9(13-2)12-14-11(8-15-12)10-6-4-3-5-7-10/h8-10,13H,3-7H2,1-2H3. The van der Waals surface area contributed by atoms with Crippen molar-refractivity contribution in [1.29, 1.82) is 0 Å². The molecule has 1 heterocycles. The summed E-state index contributed by atoms with van der Waals surface area (Å²) in [5.41, 5.74) is 1.34. The minimum absolute atomic E-state index is 0.396. The molecular formula is C12H20N2S. The van der Waals surface area contributed by atoms with E-state index in [9.17, 15) is 0 Å². The van der Waals surface area contributed by atoms with Crippen LogP contribution in [0.15, 0.2) is 5.38 Å². The first-order valence-electron chi connectivity index (χ1n) is 5.94. The number of rotatable bonds is 3. The molecule has 0 radical (unpaired) electrons. The van der Waals surface area contributed by atoms with E-state index >= 15 is 0 Å². The molecule has 0 amide bonds. The molecule has 1 N–H and O–H groups in total. The van der Waals surface area contributed by atoms with Crippen LogP contribution in [0.2, 0.25) is 0 Å². The van der Waals surface area contributed by atoms with Crippen LogP contribution in [-0.4, -0.2) is 12.0 Å². The maximum absolute atomic E-state index is 4.76. The molecule has 1 aliphatic rings. The first-order chi connectivity index (χ1) is 7.31. The number of nitrogens with zero attached hydrogens (tertiary/aromatic N) is 1. The van der Waals surface area contributed by atoms with Crippen molar-refractivity contribution in [2.45, 2.75) is 51.0 Å². The lowest BCUT2D eigenvalue weighted by atomic mass is 9.87. The van der Waals surface area contributed by atoms with Crippen molar-refractivity contribution < 1.29 is 0 Å². The molecule has 0 saturated heterocycles. The van der Waals surface area contributed by atoms with Crippen molar-refractivity contribution >= 4 is 11.3 Å². The van der Waals surface area contributed by atoms with Crippen LogP contribution in [-0.2, 0) is 0 Å². The Bertz CT molecular complexity index is 302. The predicted octanol–water partition coefficient (Wildman–Crippen LogP) is 3.47. The van der Waals surface area contributed by atoms with Crippen molar-refractivity contribution in [2.24, 2.45) is 0 Å². The van der Waals surface area contributed by atoms with Gasteiger partial charge >= 0.3 is 0 Å². The molecule has 2 rings (SSSR count). The fourth-order valence-electron chi connectivity index (χ4n) is 2.21. The normalized spacial score (nSPS) is 20.4. The Morgan fingerprint density at radius 2 is 2.13 bits per heavy atom. The van der Waals surface area contributed by atoms with Crippen LogP contribution in [0.25, 0.3) is 0 Å². The molecule has 1 aliphatic carbocycles.